The van der Waals surface area contributed by atoms with E-state index in [1.165, 1.54) is 12.1 Å². The van der Waals surface area contributed by atoms with Crippen molar-refractivity contribution in [3.8, 4) is 28.6 Å². The van der Waals surface area contributed by atoms with E-state index in [-0.39, 0.29) is 22.8 Å². The summed E-state index contributed by atoms with van der Waals surface area (Å²) in [5, 5.41) is 22.4. The fourth-order valence-electron chi connectivity index (χ4n) is 1.83. The van der Waals surface area contributed by atoms with E-state index in [0.29, 0.717) is 29.2 Å². The van der Waals surface area contributed by atoms with E-state index in [4.69, 9.17) is 19.1 Å². The van der Waals surface area contributed by atoms with Crippen LogP contribution in [0.4, 0.5) is 0 Å². The number of carbonyl (C=O) groups is 1. The fourth-order valence-corrected chi connectivity index (χ4v) is 2.35. The Morgan fingerprint density at radius 1 is 1.30 bits per heavy atom. The first kappa shape index (κ1) is 12.8. The Balaban J connectivity index is 2.13. The van der Waals surface area contributed by atoms with Crippen LogP contribution in [0.15, 0.2) is 21.1 Å². The van der Waals surface area contributed by atoms with Gasteiger partial charge in [0, 0.05) is 6.07 Å². The first-order chi connectivity index (χ1) is 9.58. The molecule has 0 unspecified atom stereocenters. The van der Waals surface area contributed by atoms with Crippen molar-refractivity contribution in [3.63, 3.8) is 0 Å². The zero-order valence-corrected chi connectivity index (χ0v) is 11.5. The minimum atomic E-state index is -1.21. The molecule has 3 rings (SSSR count). The van der Waals surface area contributed by atoms with E-state index in [1.807, 2.05) is 0 Å². The van der Waals surface area contributed by atoms with Crippen LogP contribution >= 0.6 is 15.9 Å². The predicted octanol–water partition coefficient (Wildman–Crippen LogP) is 2.28. The highest BCUT2D eigenvalue weighted by Crippen LogP contribution is 2.48. The van der Waals surface area contributed by atoms with Crippen LogP contribution in [-0.2, 0) is 0 Å². The molecule has 0 saturated heterocycles. The lowest BCUT2D eigenvalue weighted by Crippen LogP contribution is -2.15. The first-order valence-corrected chi connectivity index (χ1v) is 6.38. The molecule has 0 bridgehead atoms. The van der Waals surface area contributed by atoms with Crippen molar-refractivity contribution in [1.82, 2.24) is 5.16 Å². The number of hydrogen-bond acceptors (Lipinski definition) is 6. The third kappa shape index (κ3) is 1.97. The molecule has 0 spiro atoms. The highest BCUT2D eigenvalue weighted by atomic mass is 79.9. The van der Waals surface area contributed by atoms with Gasteiger partial charge in [-0.25, -0.2) is 4.79 Å². The minimum absolute atomic E-state index is 0.123. The highest BCUT2D eigenvalue weighted by Gasteiger charge is 2.24. The molecule has 8 heteroatoms. The van der Waals surface area contributed by atoms with E-state index in [0.717, 1.165) is 0 Å². The Bertz CT molecular complexity index is 695. The van der Waals surface area contributed by atoms with Crippen LogP contribution in [-0.4, -0.2) is 34.6 Å². The summed E-state index contributed by atoms with van der Waals surface area (Å²) in [7, 11) is 0. The number of aromatic carboxylic acids is 1. The number of carboxylic acids is 1. The number of aromatic nitrogens is 1. The van der Waals surface area contributed by atoms with Crippen molar-refractivity contribution in [2.75, 3.05) is 13.2 Å². The number of phenols is 1. The Labute approximate surface area is 120 Å². The zero-order chi connectivity index (χ0) is 14.3. The van der Waals surface area contributed by atoms with E-state index in [1.54, 1.807) is 0 Å². The molecule has 1 aromatic heterocycles. The molecule has 0 aliphatic carbocycles. The number of rotatable bonds is 2. The molecule has 104 valence electrons. The normalized spacial score (nSPS) is 13.2. The van der Waals surface area contributed by atoms with Crippen molar-refractivity contribution in [1.29, 1.82) is 0 Å². The third-order valence-electron chi connectivity index (χ3n) is 2.74. The number of halogens is 1. The van der Waals surface area contributed by atoms with E-state index >= 15 is 0 Å². The lowest BCUT2D eigenvalue weighted by molar-refractivity contribution is 0.0686. The van der Waals surface area contributed by atoms with Crippen molar-refractivity contribution in [3.05, 3.63) is 22.3 Å². The van der Waals surface area contributed by atoms with Gasteiger partial charge in [0.05, 0.1) is 5.56 Å². The van der Waals surface area contributed by atoms with Gasteiger partial charge in [-0.3, -0.25) is 0 Å². The van der Waals surface area contributed by atoms with E-state index in [2.05, 4.69) is 21.1 Å². The second-order valence-electron chi connectivity index (χ2n) is 3.99. The molecule has 0 saturated carbocycles. The van der Waals surface area contributed by atoms with Crippen LogP contribution in [0.2, 0.25) is 0 Å². The lowest BCUT2D eigenvalue weighted by Gasteiger charge is -2.20. The van der Waals surface area contributed by atoms with Gasteiger partial charge in [-0.1, -0.05) is 5.16 Å². The largest absolute Gasteiger partial charge is 0.506 e. The Kier molecular flexibility index (Phi) is 3.01. The fraction of sp³-hybridized carbons (Fsp3) is 0.167. The maximum Gasteiger partial charge on any atom is 0.358 e. The third-order valence-corrected chi connectivity index (χ3v) is 3.48. The maximum atomic E-state index is 10.8. The molecule has 1 aromatic carbocycles. The molecule has 2 heterocycles. The second-order valence-corrected chi connectivity index (χ2v) is 4.79. The van der Waals surface area contributed by atoms with E-state index in [9.17, 15) is 9.90 Å². The van der Waals surface area contributed by atoms with Gasteiger partial charge in [0.25, 0.3) is 0 Å². The van der Waals surface area contributed by atoms with E-state index < -0.39 is 5.97 Å². The van der Waals surface area contributed by atoms with Gasteiger partial charge >= 0.3 is 5.97 Å². The van der Waals surface area contributed by atoms with Gasteiger partial charge in [0.15, 0.2) is 23.0 Å². The summed E-state index contributed by atoms with van der Waals surface area (Å²) in [5.74, 6) is -0.393. The summed E-state index contributed by atoms with van der Waals surface area (Å²) in [6.07, 6.45) is 0. The summed E-state index contributed by atoms with van der Waals surface area (Å²) < 4.78 is 16.1. The Hall–Kier alpha value is -2.22. The van der Waals surface area contributed by atoms with Crippen LogP contribution in [0.5, 0.6) is 17.2 Å². The first-order valence-electron chi connectivity index (χ1n) is 5.59. The maximum absolute atomic E-state index is 10.8. The molecule has 0 amide bonds. The monoisotopic (exact) mass is 341 g/mol. The summed E-state index contributed by atoms with van der Waals surface area (Å²) in [6, 6.07) is 2.74. The highest BCUT2D eigenvalue weighted by molar-refractivity contribution is 9.10. The van der Waals surface area contributed by atoms with Crippen molar-refractivity contribution >= 4 is 21.9 Å². The summed E-state index contributed by atoms with van der Waals surface area (Å²) in [4.78, 5) is 10.8. The van der Waals surface area contributed by atoms with Crippen LogP contribution in [0.25, 0.3) is 11.3 Å². The summed E-state index contributed by atoms with van der Waals surface area (Å²) >= 11 is 3.22. The lowest BCUT2D eigenvalue weighted by atomic mass is 10.1. The van der Waals surface area contributed by atoms with Gasteiger partial charge in [-0.15, -0.1) is 0 Å². The molecule has 0 fully saturated rings. The van der Waals surface area contributed by atoms with Crippen LogP contribution in [0, 0.1) is 0 Å². The van der Waals surface area contributed by atoms with Crippen LogP contribution < -0.4 is 9.47 Å². The average molecular weight is 342 g/mol. The number of phenolic OH excluding ortho intramolecular Hbond substituents is 1. The van der Waals surface area contributed by atoms with Gasteiger partial charge in [-0.05, 0) is 22.0 Å². The van der Waals surface area contributed by atoms with Crippen molar-refractivity contribution < 1.29 is 29.0 Å². The number of nitrogens with zero attached hydrogens (tertiary/aromatic N) is 1. The molecule has 2 N–H and O–H groups in total. The topological polar surface area (TPSA) is 102 Å². The average Bonchev–Trinajstić information content (AvgIpc) is 2.92. The molecule has 20 heavy (non-hydrogen) atoms. The molecule has 0 atom stereocenters. The van der Waals surface area contributed by atoms with Gasteiger partial charge in [0.2, 0.25) is 0 Å². The summed E-state index contributed by atoms with van der Waals surface area (Å²) in [6.45, 7) is 0.774. The molecular weight excluding hydrogens is 334 g/mol. The van der Waals surface area contributed by atoms with Crippen LogP contribution in [0.1, 0.15) is 10.5 Å². The number of aromatic hydroxyl groups is 1. The Morgan fingerprint density at radius 3 is 2.75 bits per heavy atom. The number of benzene rings is 1. The SMILES string of the molecule is O=C(O)c1cc(-c2cc3c(c(Br)c2O)OCCO3)on1. The molecule has 0 radical (unpaired) electrons. The number of fused-ring (bicyclic) bond motifs is 1. The number of carboxylic acid groups (broad SMARTS) is 1. The number of hydrogen-bond donors (Lipinski definition) is 2. The zero-order valence-electron chi connectivity index (χ0n) is 9.92. The molecule has 1 aliphatic heterocycles. The minimum Gasteiger partial charge on any atom is -0.506 e. The van der Waals surface area contributed by atoms with Crippen molar-refractivity contribution in [2.45, 2.75) is 0 Å². The smallest absolute Gasteiger partial charge is 0.358 e. The quantitative estimate of drug-likeness (QED) is 0.863. The number of ether oxygens (including phenoxy) is 2. The predicted molar refractivity (Wildman–Crippen MR) is 69.3 cm³/mol. The molecule has 2 aromatic rings. The molecule has 1 aliphatic rings. The summed E-state index contributed by atoms with van der Waals surface area (Å²) in [5.41, 5.74) is 0.0199. The molecule has 7 nitrogen and oxygen atoms in total. The van der Waals surface area contributed by atoms with Gasteiger partial charge in [-0.2, -0.15) is 0 Å². The van der Waals surface area contributed by atoms with Gasteiger partial charge < -0.3 is 24.2 Å². The standard InChI is InChI=1S/C12H8BrNO6/c13-9-10(15)5(3-8-11(9)19-2-1-18-8)7-4-6(12(16)17)14-20-7/h3-4,15H,1-2H2,(H,16,17). The molecular formula is C12H8BrNO6. The van der Waals surface area contributed by atoms with Crippen LogP contribution in [0.3, 0.4) is 0 Å². The Morgan fingerprint density at radius 2 is 2.05 bits per heavy atom. The van der Waals surface area contributed by atoms with Gasteiger partial charge in [0.1, 0.15) is 23.4 Å². The second kappa shape index (κ2) is 4.71. The van der Waals surface area contributed by atoms with Crippen molar-refractivity contribution in [2.24, 2.45) is 0 Å².